The fraction of sp³-hybridized carbons (Fsp3) is 0.692. The molecule has 4 bridgehead atoms. The van der Waals surface area contributed by atoms with Gasteiger partial charge in [0.2, 0.25) is 15.9 Å². The van der Waals surface area contributed by atoms with Crippen LogP contribution in [0.4, 0.5) is 0 Å². The number of amides is 1. The van der Waals surface area contributed by atoms with Crippen molar-refractivity contribution in [2.75, 3.05) is 14.1 Å². The van der Waals surface area contributed by atoms with Gasteiger partial charge in [0, 0.05) is 39.5 Å². The molecule has 7 nitrogen and oxygen atoms in total. The van der Waals surface area contributed by atoms with E-state index in [4.69, 9.17) is 4.98 Å². The summed E-state index contributed by atoms with van der Waals surface area (Å²) in [7, 11) is -0.464. The van der Waals surface area contributed by atoms with Gasteiger partial charge in [-0.3, -0.25) is 4.79 Å². The molecule has 6 rings (SSSR count). The normalized spacial score (nSPS) is 29.1. The lowest BCUT2D eigenvalue weighted by Gasteiger charge is -2.59. The van der Waals surface area contributed by atoms with Crippen molar-refractivity contribution in [1.29, 1.82) is 0 Å². The molecule has 1 amide bonds. The maximum absolute atomic E-state index is 13.0. The third kappa shape index (κ3) is 4.06. The Balaban J connectivity index is 1.27. The fourth-order valence-corrected chi connectivity index (χ4v) is 8.40. The third-order valence-corrected chi connectivity index (χ3v) is 10.7. The smallest absolute Gasteiger partial charge is 0.242 e. The average molecular weight is 487 g/mol. The number of aromatic nitrogens is 2. The Morgan fingerprint density at radius 1 is 1.18 bits per heavy atom. The molecule has 2 aromatic rings. The van der Waals surface area contributed by atoms with Crippen LogP contribution in [-0.4, -0.2) is 48.3 Å². The number of fused-ring (bicyclic) bond motifs is 1. The molecule has 4 saturated carbocycles. The van der Waals surface area contributed by atoms with Gasteiger partial charge in [0.15, 0.2) is 0 Å². The van der Waals surface area contributed by atoms with Crippen molar-refractivity contribution in [3.63, 3.8) is 0 Å². The number of aryl methyl sites for hydroxylation is 2. The van der Waals surface area contributed by atoms with Gasteiger partial charge >= 0.3 is 0 Å². The van der Waals surface area contributed by atoms with Gasteiger partial charge in [-0.2, -0.15) is 0 Å². The third-order valence-electron chi connectivity index (χ3n) is 8.85. The summed E-state index contributed by atoms with van der Waals surface area (Å²) in [4.78, 5) is 17.9. The van der Waals surface area contributed by atoms with E-state index in [2.05, 4.69) is 16.8 Å². The zero-order valence-corrected chi connectivity index (χ0v) is 21.7. The SMILES string of the molecule is CCn1c(CCC(=O)NC(C)C23CC4CC(CC(C4)C2)C3)nc2cc(S(=O)(=O)N(C)C)ccc21. The van der Waals surface area contributed by atoms with Crippen molar-refractivity contribution < 1.29 is 13.2 Å². The first-order chi connectivity index (χ1) is 16.1. The quantitative estimate of drug-likeness (QED) is 0.612. The monoisotopic (exact) mass is 486 g/mol. The molecule has 1 heterocycles. The first kappa shape index (κ1) is 23.8. The van der Waals surface area contributed by atoms with E-state index in [0.717, 1.165) is 35.6 Å². The molecule has 1 aromatic carbocycles. The highest BCUT2D eigenvalue weighted by atomic mass is 32.2. The highest BCUT2D eigenvalue weighted by molar-refractivity contribution is 7.89. The van der Waals surface area contributed by atoms with Crippen molar-refractivity contribution in [3.8, 4) is 0 Å². The number of hydrogen-bond donors (Lipinski definition) is 1. The minimum atomic E-state index is -3.52. The Kier molecular flexibility index (Phi) is 6.04. The largest absolute Gasteiger partial charge is 0.353 e. The molecule has 186 valence electrons. The number of carbonyl (C=O) groups is 1. The Bertz CT molecular complexity index is 1160. The number of carbonyl (C=O) groups excluding carboxylic acids is 1. The van der Waals surface area contributed by atoms with Crippen molar-refractivity contribution in [2.24, 2.45) is 23.2 Å². The molecule has 0 radical (unpaired) electrons. The van der Waals surface area contributed by atoms with Crippen LogP contribution in [0.25, 0.3) is 11.0 Å². The van der Waals surface area contributed by atoms with Crippen molar-refractivity contribution in [2.45, 2.75) is 82.7 Å². The van der Waals surface area contributed by atoms with Crippen LogP contribution in [0.3, 0.4) is 0 Å². The van der Waals surface area contributed by atoms with Gasteiger partial charge in [0.05, 0.1) is 15.9 Å². The molecular weight excluding hydrogens is 448 g/mol. The Morgan fingerprint density at radius 3 is 2.35 bits per heavy atom. The van der Waals surface area contributed by atoms with Crippen LogP contribution >= 0.6 is 0 Å². The van der Waals surface area contributed by atoms with E-state index in [1.54, 1.807) is 12.1 Å². The van der Waals surface area contributed by atoms with Crippen LogP contribution in [0.15, 0.2) is 23.1 Å². The summed E-state index contributed by atoms with van der Waals surface area (Å²) in [5, 5.41) is 3.36. The molecule has 1 unspecified atom stereocenters. The number of rotatable bonds is 8. The van der Waals surface area contributed by atoms with E-state index in [9.17, 15) is 13.2 Å². The topological polar surface area (TPSA) is 84.3 Å². The highest BCUT2D eigenvalue weighted by Crippen LogP contribution is 2.61. The second kappa shape index (κ2) is 8.63. The van der Waals surface area contributed by atoms with E-state index in [1.807, 2.05) is 13.0 Å². The van der Waals surface area contributed by atoms with E-state index in [1.165, 1.54) is 56.9 Å². The molecule has 1 atom stereocenters. The number of imidazole rings is 1. The summed E-state index contributed by atoms with van der Waals surface area (Å²) in [5.74, 6) is 3.53. The molecule has 4 aliphatic rings. The standard InChI is InChI=1S/C26H38N4O3S/c1-5-30-23-7-6-21(34(32,33)29(3)4)13-22(23)28-24(30)8-9-25(31)27-17(2)26-14-18-10-19(15-26)12-20(11-18)16-26/h6-7,13,17-20H,5,8-12,14-16H2,1-4H3,(H,27,31). The lowest BCUT2D eigenvalue weighted by molar-refractivity contribution is -0.125. The molecule has 4 aliphatic carbocycles. The first-order valence-corrected chi connectivity index (χ1v) is 14.3. The van der Waals surface area contributed by atoms with Gasteiger partial charge in [-0.05, 0) is 93.7 Å². The molecular formula is C26H38N4O3S. The molecule has 1 aromatic heterocycles. The van der Waals surface area contributed by atoms with E-state index < -0.39 is 10.0 Å². The van der Waals surface area contributed by atoms with Crippen LogP contribution in [0.2, 0.25) is 0 Å². The summed E-state index contributed by atoms with van der Waals surface area (Å²) < 4.78 is 28.3. The van der Waals surface area contributed by atoms with Gasteiger partial charge in [0.1, 0.15) is 5.82 Å². The van der Waals surface area contributed by atoms with E-state index in [0.29, 0.717) is 23.8 Å². The van der Waals surface area contributed by atoms with E-state index >= 15 is 0 Å². The fourth-order valence-electron chi connectivity index (χ4n) is 7.47. The van der Waals surface area contributed by atoms with Gasteiger partial charge in [-0.15, -0.1) is 0 Å². The van der Waals surface area contributed by atoms with Crippen LogP contribution in [0, 0.1) is 23.2 Å². The molecule has 0 aliphatic heterocycles. The number of hydrogen-bond acceptors (Lipinski definition) is 4. The van der Waals surface area contributed by atoms with Gasteiger partial charge in [0.25, 0.3) is 0 Å². The summed E-state index contributed by atoms with van der Waals surface area (Å²) in [5.41, 5.74) is 1.86. The minimum Gasteiger partial charge on any atom is -0.353 e. The second-order valence-corrected chi connectivity index (χ2v) is 13.4. The molecule has 1 N–H and O–H groups in total. The molecule has 4 fully saturated rings. The van der Waals surface area contributed by atoms with Crippen LogP contribution in [0.1, 0.15) is 64.6 Å². The molecule has 8 heteroatoms. The zero-order chi connectivity index (χ0) is 24.3. The first-order valence-electron chi connectivity index (χ1n) is 12.8. The lowest BCUT2D eigenvalue weighted by atomic mass is 9.48. The predicted octanol–water partition coefficient (Wildman–Crippen LogP) is 3.96. The molecule has 34 heavy (non-hydrogen) atoms. The number of nitrogens with zero attached hydrogens (tertiary/aromatic N) is 3. The Morgan fingerprint density at radius 2 is 1.79 bits per heavy atom. The van der Waals surface area contributed by atoms with E-state index in [-0.39, 0.29) is 16.8 Å². The Labute approximate surface area is 203 Å². The van der Waals surface area contributed by atoms with Crippen LogP contribution in [-0.2, 0) is 27.8 Å². The van der Waals surface area contributed by atoms with Crippen molar-refractivity contribution in [1.82, 2.24) is 19.2 Å². The van der Waals surface area contributed by atoms with Gasteiger partial charge < -0.3 is 9.88 Å². The van der Waals surface area contributed by atoms with Crippen molar-refractivity contribution in [3.05, 3.63) is 24.0 Å². The second-order valence-electron chi connectivity index (χ2n) is 11.3. The summed E-state index contributed by atoms with van der Waals surface area (Å²) in [6.45, 7) is 4.99. The zero-order valence-electron chi connectivity index (χ0n) is 20.9. The van der Waals surface area contributed by atoms with Gasteiger partial charge in [-0.1, -0.05) is 0 Å². The van der Waals surface area contributed by atoms with Crippen LogP contribution in [0.5, 0.6) is 0 Å². The summed E-state index contributed by atoms with van der Waals surface area (Å²) in [6.07, 6.45) is 9.00. The number of nitrogens with one attached hydrogen (secondary N) is 1. The average Bonchev–Trinajstić information content (AvgIpc) is 3.13. The van der Waals surface area contributed by atoms with Crippen LogP contribution < -0.4 is 5.32 Å². The number of benzene rings is 1. The lowest BCUT2D eigenvalue weighted by Crippen LogP contribution is -2.55. The minimum absolute atomic E-state index is 0.0915. The number of sulfonamides is 1. The predicted molar refractivity (Wildman–Crippen MR) is 133 cm³/mol. The highest BCUT2D eigenvalue weighted by Gasteiger charge is 2.53. The molecule has 0 spiro atoms. The van der Waals surface area contributed by atoms with Crippen molar-refractivity contribution >= 4 is 27.0 Å². The molecule has 0 saturated heterocycles. The maximum atomic E-state index is 13.0. The summed E-state index contributed by atoms with van der Waals surface area (Å²) in [6, 6.07) is 5.31. The maximum Gasteiger partial charge on any atom is 0.242 e. The Hall–Kier alpha value is -1.93. The van der Waals surface area contributed by atoms with Gasteiger partial charge in [-0.25, -0.2) is 17.7 Å². The summed E-state index contributed by atoms with van der Waals surface area (Å²) >= 11 is 0.